The second-order valence-corrected chi connectivity index (χ2v) is 6.39. The van der Waals surface area contributed by atoms with E-state index in [1.807, 2.05) is 38.1 Å². The van der Waals surface area contributed by atoms with Gasteiger partial charge in [0.25, 0.3) is 0 Å². The molecule has 1 heterocycles. The van der Waals surface area contributed by atoms with Crippen LogP contribution in [0.25, 0.3) is 0 Å². The second-order valence-electron chi connectivity index (χ2n) is 6.39. The van der Waals surface area contributed by atoms with Gasteiger partial charge < -0.3 is 19.9 Å². The topological polar surface area (TPSA) is 84.6 Å². The normalized spacial score (nSPS) is 11.7. The van der Waals surface area contributed by atoms with Gasteiger partial charge in [0.15, 0.2) is 11.8 Å². The number of aromatic nitrogens is 2. The van der Waals surface area contributed by atoms with Gasteiger partial charge in [0.05, 0.1) is 6.54 Å². The maximum atomic E-state index is 5.69. The lowest BCUT2D eigenvalue weighted by Crippen LogP contribution is -2.39. The zero-order valence-corrected chi connectivity index (χ0v) is 16.1. The lowest BCUT2D eigenvalue weighted by atomic mass is 10.2. The van der Waals surface area contributed by atoms with Crippen molar-refractivity contribution in [2.75, 3.05) is 26.7 Å². The fourth-order valence-electron chi connectivity index (χ4n) is 2.24. The van der Waals surface area contributed by atoms with E-state index in [1.54, 1.807) is 7.05 Å². The van der Waals surface area contributed by atoms with Gasteiger partial charge in [-0.3, -0.25) is 4.99 Å². The summed E-state index contributed by atoms with van der Waals surface area (Å²) < 4.78 is 10.9. The zero-order chi connectivity index (χ0) is 18.8. The van der Waals surface area contributed by atoms with E-state index in [-0.39, 0.29) is 5.92 Å². The summed E-state index contributed by atoms with van der Waals surface area (Å²) in [6, 6.07) is 8.03. The van der Waals surface area contributed by atoms with Crippen molar-refractivity contribution in [3.05, 3.63) is 41.5 Å². The van der Waals surface area contributed by atoms with Gasteiger partial charge in [-0.05, 0) is 25.5 Å². The molecule has 0 fully saturated rings. The fraction of sp³-hybridized carbons (Fsp3) is 0.526. The van der Waals surface area contributed by atoms with Gasteiger partial charge in [-0.25, -0.2) is 0 Å². The van der Waals surface area contributed by atoms with E-state index in [2.05, 4.69) is 32.7 Å². The van der Waals surface area contributed by atoms with Crippen molar-refractivity contribution in [3.8, 4) is 5.75 Å². The first-order valence-corrected chi connectivity index (χ1v) is 9.05. The molecule has 0 spiro atoms. The third kappa shape index (κ3) is 6.74. The van der Waals surface area contributed by atoms with Crippen molar-refractivity contribution in [3.63, 3.8) is 0 Å². The van der Waals surface area contributed by atoms with Crippen molar-refractivity contribution in [2.24, 2.45) is 4.99 Å². The van der Waals surface area contributed by atoms with Crippen LogP contribution in [-0.4, -0.2) is 42.8 Å². The van der Waals surface area contributed by atoms with E-state index in [9.17, 15) is 0 Å². The number of benzene rings is 1. The highest BCUT2D eigenvalue weighted by atomic mass is 16.5. The highest BCUT2D eigenvalue weighted by Gasteiger charge is 2.09. The van der Waals surface area contributed by atoms with Crippen LogP contribution < -0.4 is 15.4 Å². The number of hydrogen-bond donors (Lipinski definition) is 2. The number of hydrogen-bond acceptors (Lipinski definition) is 5. The molecule has 0 aliphatic carbocycles. The molecule has 0 aliphatic rings. The first kappa shape index (κ1) is 19.8. The molecule has 26 heavy (non-hydrogen) atoms. The predicted molar refractivity (Wildman–Crippen MR) is 103 cm³/mol. The zero-order valence-electron chi connectivity index (χ0n) is 16.1. The monoisotopic (exact) mass is 359 g/mol. The van der Waals surface area contributed by atoms with Crippen molar-refractivity contribution >= 4 is 5.96 Å². The van der Waals surface area contributed by atoms with Crippen LogP contribution in [-0.2, 0) is 6.42 Å². The number of rotatable bonds is 9. The molecule has 2 rings (SSSR count). The van der Waals surface area contributed by atoms with E-state index in [4.69, 9.17) is 9.26 Å². The number of aliphatic imine (C=N–C) groups is 1. The number of aryl methyl sites for hydroxylation is 2. The van der Waals surface area contributed by atoms with E-state index >= 15 is 0 Å². The maximum absolute atomic E-state index is 5.69. The highest BCUT2D eigenvalue weighted by molar-refractivity contribution is 5.79. The quantitative estimate of drug-likeness (QED) is 0.407. The summed E-state index contributed by atoms with van der Waals surface area (Å²) in [7, 11) is 1.75. The Morgan fingerprint density at radius 3 is 2.58 bits per heavy atom. The van der Waals surface area contributed by atoms with Crippen molar-refractivity contribution in [1.82, 2.24) is 20.8 Å². The minimum absolute atomic E-state index is 0.288. The smallest absolute Gasteiger partial charge is 0.226 e. The Hall–Kier alpha value is -2.57. The van der Waals surface area contributed by atoms with Gasteiger partial charge in [0.2, 0.25) is 5.89 Å². The lowest BCUT2D eigenvalue weighted by Gasteiger charge is -2.12. The van der Waals surface area contributed by atoms with Crippen molar-refractivity contribution in [1.29, 1.82) is 0 Å². The maximum Gasteiger partial charge on any atom is 0.226 e. The molecule has 7 nitrogen and oxygen atoms in total. The summed E-state index contributed by atoms with van der Waals surface area (Å²) in [5.74, 6) is 3.37. The van der Waals surface area contributed by atoms with Crippen LogP contribution in [0.4, 0.5) is 0 Å². The van der Waals surface area contributed by atoms with Gasteiger partial charge in [-0.1, -0.05) is 36.7 Å². The summed E-state index contributed by atoms with van der Waals surface area (Å²) in [4.78, 5) is 8.58. The number of ether oxygens (including phenoxy) is 1. The summed E-state index contributed by atoms with van der Waals surface area (Å²) in [6.07, 6.45) is 1.64. The Bertz CT molecular complexity index is 679. The Balaban J connectivity index is 1.59. The van der Waals surface area contributed by atoms with Crippen LogP contribution in [0.5, 0.6) is 5.75 Å². The van der Waals surface area contributed by atoms with Crippen LogP contribution in [0.15, 0.2) is 33.8 Å². The van der Waals surface area contributed by atoms with Crippen LogP contribution in [0.2, 0.25) is 0 Å². The number of nitrogens with one attached hydrogen (secondary N) is 2. The molecule has 1 aromatic carbocycles. The van der Waals surface area contributed by atoms with Crippen molar-refractivity contribution < 1.29 is 9.26 Å². The van der Waals surface area contributed by atoms with Gasteiger partial charge in [0, 0.05) is 25.9 Å². The molecule has 0 atom stereocenters. The van der Waals surface area contributed by atoms with Crippen LogP contribution in [0.3, 0.4) is 0 Å². The minimum Gasteiger partial charge on any atom is -0.492 e. The molecule has 7 heteroatoms. The van der Waals surface area contributed by atoms with E-state index < -0.39 is 0 Å². The van der Waals surface area contributed by atoms with Crippen molar-refractivity contribution in [2.45, 2.75) is 39.5 Å². The van der Waals surface area contributed by atoms with Gasteiger partial charge in [-0.2, -0.15) is 4.98 Å². The third-order valence-corrected chi connectivity index (χ3v) is 3.77. The van der Waals surface area contributed by atoms with Crippen LogP contribution in [0.1, 0.15) is 43.5 Å². The Kier molecular flexibility index (Phi) is 7.92. The molecular weight excluding hydrogens is 330 g/mol. The van der Waals surface area contributed by atoms with Gasteiger partial charge >= 0.3 is 0 Å². The molecule has 0 unspecified atom stereocenters. The van der Waals surface area contributed by atoms with Gasteiger partial charge in [-0.15, -0.1) is 0 Å². The largest absolute Gasteiger partial charge is 0.492 e. The third-order valence-electron chi connectivity index (χ3n) is 3.77. The molecule has 2 aromatic rings. The molecule has 0 amide bonds. The molecule has 0 saturated heterocycles. The molecule has 0 saturated carbocycles. The van der Waals surface area contributed by atoms with Gasteiger partial charge in [0.1, 0.15) is 12.4 Å². The SMILES string of the molecule is CN=C(NCCCc1nc(C(C)C)no1)NCCOc1ccc(C)cc1. The lowest BCUT2D eigenvalue weighted by molar-refractivity contribution is 0.322. The summed E-state index contributed by atoms with van der Waals surface area (Å²) in [5.41, 5.74) is 1.22. The molecule has 0 bridgehead atoms. The average Bonchev–Trinajstić information content (AvgIpc) is 3.11. The Morgan fingerprint density at radius 2 is 1.92 bits per heavy atom. The molecule has 142 valence electrons. The second kappa shape index (κ2) is 10.4. The average molecular weight is 359 g/mol. The molecular formula is C19H29N5O2. The summed E-state index contributed by atoms with van der Waals surface area (Å²) >= 11 is 0. The van der Waals surface area contributed by atoms with E-state index in [1.165, 1.54) is 5.56 Å². The first-order chi connectivity index (χ1) is 12.6. The highest BCUT2D eigenvalue weighted by Crippen LogP contribution is 2.11. The van der Waals surface area contributed by atoms with E-state index in [0.29, 0.717) is 19.0 Å². The number of nitrogens with zero attached hydrogens (tertiary/aromatic N) is 3. The minimum atomic E-state index is 0.288. The predicted octanol–water partition coefficient (Wildman–Crippen LogP) is 2.68. The summed E-state index contributed by atoms with van der Waals surface area (Å²) in [6.45, 7) is 8.18. The molecule has 1 aromatic heterocycles. The Labute approximate surface area is 155 Å². The molecule has 0 radical (unpaired) electrons. The van der Waals surface area contributed by atoms with Crippen LogP contribution in [0, 0.1) is 6.92 Å². The molecule has 0 aliphatic heterocycles. The number of guanidine groups is 1. The molecule has 2 N–H and O–H groups in total. The fourth-order valence-corrected chi connectivity index (χ4v) is 2.24. The van der Waals surface area contributed by atoms with Crippen LogP contribution >= 0.6 is 0 Å². The summed E-state index contributed by atoms with van der Waals surface area (Å²) in [5, 5.41) is 10.5. The first-order valence-electron chi connectivity index (χ1n) is 9.05. The standard InChI is InChI=1S/C19H29N5O2/c1-14(2)18-23-17(26-24-18)6-5-11-21-19(20-4)22-12-13-25-16-9-7-15(3)8-10-16/h7-10,14H,5-6,11-13H2,1-4H3,(H2,20,21,22). The Morgan fingerprint density at radius 1 is 1.19 bits per heavy atom. The van der Waals surface area contributed by atoms with E-state index in [0.717, 1.165) is 36.9 Å².